The summed E-state index contributed by atoms with van der Waals surface area (Å²) in [5, 5.41) is 3.54. The van der Waals surface area contributed by atoms with Crippen LogP contribution in [0, 0.1) is 0 Å². The molecule has 5 heteroatoms. The highest BCUT2D eigenvalue weighted by Gasteiger charge is 2.32. The van der Waals surface area contributed by atoms with Gasteiger partial charge < -0.3 is 5.32 Å². The standard InChI is InChI=1S/C17H25F3N2/c1-4-15-11-22(16(5-2)10-21-15)12(3)13-6-8-14(9-7-13)17(18,19)20/h6-9,12,15-16,21H,4-5,10-11H2,1-3H3/t12?,15-,16+/m0/s1. The van der Waals surface area contributed by atoms with Gasteiger partial charge in [0, 0.05) is 31.2 Å². The van der Waals surface area contributed by atoms with Crippen molar-refractivity contribution in [1.29, 1.82) is 0 Å². The molecule has 2 rings (SSSR count). The number of hydrogen-bond acceptors (Lipinski definition) is 2. The molecule has 1 aromatic carbocycles. The second-order valence-corrected chi connectivity index (χ2v) is 6.07. The molecule has 1 heterocycles. The summed E-state index contributed by atoms with van der Waals surface area (Å²) in [6.07, 6.45) is -2.17. The number of rotatable bonds is 4. The first kappa shape index (κ1) is 17.3. The first-order valence-corrected chi connectivity index (χ1v) is 8.03. The topological polar surface area (TPSA) is 15.3 Å². The van der Waals surface area contributed by atoms with E-state index in [4.69, 9.17) is 0 Å². The Balaban J connectivity index is 2.16. The summed E-state index contributed by atoms with van der Waals surface area (Å²) in [4.78, 5) is 2.42. The lowest BCUT2D eigenvalue weighted by Crippen LogP contribution is -2.56. The van der Waals surface area contributed by atoms with Gasteiger partial charge in [-0.15, -0.1) is 0 Å². The Kier molecular flexibility index (Phi) is 5.50. The average Bonchev–Trinajstić information content (AvgIpc) is 2.52. The van der Waals surface area contributed by atoms with Crippen LogP contribution in [0.1, 0.15) is 50.8 Å². The Hall–Kier alpha value is -1.07. The van der Waals surface area contributed by atoms with E-state index in [1.165, 1.54) is 12.1 Å². The third-order valence-electron chi connectivity index (χ3n) is 4.72. The third kappa shape index (κ3) is 3.82. The van der Waals surface area contributed by atoms with Gasteiger partial charge in [0.05, 0.1) is 5.56 Å². The fraction of sp³-hybridized carbons (Fsp3) is 0.647. The van der Waals surface area contributed by atoms with Gasteiger partial charge in [0.15, 0.2) is 0 Å². The number of benzene rings is 1. The highest BCUT2D eigenvalue weighted by Crippen LogP contribution is 2.32. The Morgan fingerprint density at radius 3 is 2.32 bits per heavy atom. The average molecular weight is 314 g/mol. The minimum absolute atomic E-state index is 0.128. The summed E-state index contributed by atoms with van der Waals surface area (Å²) in [5.74, 6) is 0. The largest absolute Gasteiger partial charge is 0.416 e. The lowest BCUT2D eigenvalue weighted by atomic mass is 9.98. The van der Waals surface area contributed by atoms with Crippen molar-refractivity contribution in [1.82, 2.24) is 10.2 Å². The molecule has 0 amide bonds. The monoisotopic (exact) mass is 314 g/mol. The lowest BCUT2D eigenvalue weighted by molar-refractivity contribution is -0.137. The van der Waals surface area contributed by atoms with Gasteiger partial charge in [-0.3, -0.25) is 4.90 Å². The number of hydrogen-bond donors (Lipinski definition) is 1. The number of nitrogens with zero attached hydrogens (tertiary/aromatic N) is 1. The van der Waals surface area contributed by atoms with Gasteiger partial charge >= 0.3 is 6.18 Å². The first-order valence-electron chi connectivity index (χ1n) is 8.03. The third-order valence-corrected chi connectivity index (χ3v) is 4.72. The highest BCUT2D eigenvalue weighted by atomic mass is 19.4. The van der Waals surface area contributed by atoms with Gasteiger partial charge in [-0.2, -0.15) is 13.2 Å². The lowest BCUT2D eigenvalue weighted by Gasteiger charge is -2.43. The quantitative estimate of drug-likeness (QED) is 0.895. The molecule has 1 saturated heterocycles. The number of halogens is 3. The van der Waals surface area contributed by atoms with E-state index in [2.05, 4.69) is 31.0 Å². The predicted molar refractivity (Wildman–Crippen MR) is 82.7 cm³/mol. The zero-order valence-corrected chi connectivity index (χ0v) is 13.5. The summed E-state index contributed by atoms with van der Waals surface area (Å²) >= 11 is 0. The molecule has 0 bridgehead atoms. The molecule has 22 heavy (non-hydrogen) atoms. The molecule has 1 aromatic rings. The van der Waals surface area contributed by atoms with Crippen molar-refractivity contribution < 1.29 is 13.2 Å². The second kappa shape index (κ2) is 7.01. The van der Waals surface area contributed by atoms with Crippen LogP contribution in [-0.4, -0.2) is 30.1 Å². The van der Waals surface area contributed by atoms with Crippen molar-refractivity contribution in [3.05, 3.63) is 35.4 Å². The molecule has 0 aromatic heterocycles. The van der Waals surface area contributed by atoms with Crippen LogP contribution in [0.15, 0.2) is 24.3 Å². The SMILES string of the molecule is CC[C@H]1CN(C(C)c2ccc(C(F)(F)F)cc2)[C@H](CC)CN1. The molecule has 124 valence electrons. The number of alkyl halides is 3. The van der Waals surface area contributed by atoms with Gasteiger partial charge in [-0.1, -0.05) is 26.0 Å². The first-order chi connectivity index (χ1) is 10.4. The molecular weight excluding hydrogens is 289 g/mol. The molecule has 0 spiro atoms. The summed E-state index contributed by atoms with van der Waals surface area (Å²) in [6, 6.07) is 6.62. The van der Waals surface area contributed by atoms with E-state index >= 15 is 0 Å². The van der Waals surface area contributed by atoms with Crippen LogP contribution in [-0.2, 0) is 6.18 Å². The summed E-state index contributed by atoms with van der Waals surface area (Å²) in [7, 11) is 0. The van der Waals surface area contributed by atoms with Crippen molar-refractivity contribution in [2.45, 2.75) is 57.9 Å². The molecule has 1 fully saturated rings. The van der Waals surface area contributed by atoms with E-state index in [9.17, 15) is 13.2 Å². The second-order valence-electron chi connectivity index (χ2n) is 6.07. The number of piperazine rings is 1. The highest BCUT2D eigenvalue weighted by molar-refractivity contribution is 5.26. The Labute approximate surface area is 130 Å². The van der Waals surface area contributed by atoms with Crippen LogP contribution in [0.4, 0.5) is 13.2 Å². The maximum atomic E-state index is 12.7. The molecule has 1 aliphatic heterocycles. The van der Waals surface area contributed by atoms with E-state index in [-0.39, 0.29) is 6.04 Å². The zero-order chi connectivity index (χ0) is 16.3. The molecule has 3 atom stereocenters. The van der Waals surface area contributed by atoms with E-state index in [0.717, 1.165) is 31.5 Å². The van der Waals surface area contributed by atoms with E-state index in [1.54, 1.807) is 12.1 Å². The van der Waals surface area contributed by atoms with E-state index < -0.39 is 11.7 Å². The van der Waals surface area contributed by atoms with Crippen molar-refractivity contribution in [2.75, 3.05) is 13.1 Å². The molecule has 1 unspecified atom stereocenters. The van der Waals surface area contributed by atoms with Crippen LogP contribution in [0.3, 0.4) is 0 Å². The molecule has 1 N–H and O–H groups in total. The predicted octanol–water partition coefficient (Wildman–Crippen LogP) is 4.23. The van der Waals surface area contributed by atoms with Gasteiger partial charge in [-0.25, -0.2) is 0 Å². The molecule has 2 nitrogen and oxygen atoms in total. The number of nitrogens with one attached hydrogen (secondary N) is 1. The van der Waals surface area contributed by atoms with Crippen LogP contribution in [0.2, 0.25) is 0 Å². The Morgan fingerprint density at radius 1 is 1.18 bits per heavy atom. The van der Waals surface area contributed by atoms with Crippen molar-refractivity contribution in [3.8, 4) is 0 Å². The van der Waals surface area contributed by atoms with E-state index in [0.29, 0.717) is 12.1 Å². The summed E-state index contributed by atoms with van der Waals surface area (Å²) in [5.41, 5.74) is 0.366. The van der Waals surface area contributed by atoms with Crippen LogP contribution in [0.25, 0.3) is 0 Å². The van der Waals surface area contributed by atoms with E-state index in [1.807, 2.05) is 0 Å². The maximum absolute atomic E-state index is 12.7. The molecule has 0 aliphatic carbocycles. The fourth-order valence-corrected chi connectivity index (χ4v) is 3.16. The van der Waals surface area contributed by atoms with Crippen LogP contribution in [0.5, 0.6) is 0 Å². The molecule has 0 radical (unpaired) electrons. The summed E-state index contributed by atoms with van der Waals surface area (Å²) in [6.45, 7) is 8.29. The fourth-order valence-electron chi connectivity index (χ4n) is 3.16. The zero-order valence-electron chi connectivity index (χ0n) is 13.5. The minimum Gasteiger partial charge on any atom is -0.311 e. The maximum Gasteiger partial charge on any atom is 0.416 e. The van der Waals surface area contributed by atoms with Gasteiger partial charge in [0.2, 0.25) is 0 Å². The van der Waals surface area contributed by atoms with Gasteiger partial charge in [-0.05, 0) is 37.5 Å². The Bertz CT molecular complexity index is 470. The Morgan fingerprint density at radius 2 is 1.82 bits per heavy atom. The minimum atomic E-state index is -4.27. The van der Waals surface area contributed by atoms with Crippen LogP contribution >= 0.6 is 0 Å². The molecule has 1 aliphatic rings. The van der Waals surface area contributed by atoms with Gasteiger partial charge in [0.25, 0.3) is 0 Å². The smallest absolute Gasteiger partial charge is 0.311 e. The normalized spacial score (nSPS) is 25.2. The van der Waals surface area contributed by atoms with Crippen molar-refractivity contribution in [3.63, 3.8) is 0 Å². The summed E-state index contributed by atoms with van der Waals surface area (Å²) < 4.78 is 38.0. The van der Waals surface area contributed by atoms with Crippen molar-refractivity contribution in [2.24, 2.45) is 0 Å². The van der Waals surface area contributed by atoms with Crippen LogP contribution < -0.4 is 5.32 Å². The van der Waals surface area contributed by atoms with Gasteiger partial charge in [0.1, 0.15) is 0 Å². The molecule has 0 saturated carbocycles. The molecular formula is C17H25F3N2. The van der Waals surface area contributed by atoms with Crippen molar-refractivity contribution >= 4 is 0 Å².